The number of likely N-dealkylation sites (N-methyl/N-ethyl adjacent to an activating group) is 1. The summed E-state index contributed by atoms with van der Waals surface area (Å²) >= 11 is 0. The van der Waals surface area contributed by atoms with Crippen molar-refractivity contribution >= 4 is 0 Å². The Kier molecular flexibility index (Phi) is 6.71. The Morgan fingerprint density at radius 2 is 1.70 bits per heavy atom. The SMILES string of the molecule is CCOc1ccc([C@@H](c2nnnn2CCc2ccccc2)N2CCN(C)CC2)cc1. The maximum atomic E-state index is 5.64. The number of benzene rings is 2. The molecule has 3 aromatic rings. The minimum absolute atomic E-state index is 0.0279. The summed E-state index contributed by atoms with van der Waals surface area (Å²) in [6.45, 7) is 7.48. The van der Waals surface area contributed by atoms with Crippen LogP contribution in [-0.2, 0) is 13.0 Å². The Bertz CT molecular complexity index is 903. The van der Waals surface area contributed by atoms with Gasteiger partial charge in [0.1, 0.15) is 5.75 Å². The van der Waals surface area contributed by atoms with Crippen molar-refractivity contribution in [1.29, 1.82) is 0 Å². The van der Waals surface area contributed by atoms with Crippen LogP contribution in [0.15, 0.2) is 54.6 Å². The lowest BCUT2D eigenvalue weighted by Crippen LogP contribution is -2.46. The van der Waals surface area contributed by atoms with E-state index in [1.165, 1.54) is 11.1 Å². The number of aryl methyl sites for hydroxylation is 2. The van der Waals surface area contributed by atoms with E-state index in [4.69, 9.17) is 4.74 Å². The predicted octanol–water partition coefficient (Wildman–Crippen LogP) is 2.65. The van der Waals surface area contributed by atoms with Crippen molar-refractivity contribution in [2.75, 3.05) is 39.8 Å². The van der Waals surface area contributed by atoms with Crippen LogP contribution in [0.5, 0.6) is 5.75 Å². The monoisotopic (exact) mass is 406 g/mol. The van der Waals surface area contributed by atoms with Gasteiger partial charge in [-0.25, -0.2) is 4.68 Å². The van der Waals surface area contributed by atoms with Gasteiger partial charge in [0.2, 0.25) is 0 Å². The molecule has 0 bridgehead atoms. The number of hydrogen-bond donors (Lipinski definition) is 0. The van der Waals surface area contributed by atoms with Gasteiger partial charge >= 0.3 is 0 Å². The van der Waals surface area contributed by atoms with Crippen molar-refractivity contribution in [2.24, 2.45) is 0 Å². The molecule has 158 valence electrons. The summed E-state index contributed by atoms with van der Waals surface area (Å²) in [6.07, 6.45) is 0.900. The first-order chi connectivity index (χ1) is 14.7. The minimum Gasteiger partial charge on any atom is -0.494 e. The molecule has 2 heterocycles. The van der Waals surface area contributed by atoms with Crippen molar-refractivity contribution in [1.82, 2.24) is 30.0 Å². The molecule has 0 aliphatic carbocycles. The van der Waals surface area contributed by atoms with Crippen LogP contribution in [0.1, 0.15) is 29.9 Å². The molecule has 4 rings (SSSR count). The molecule has 7 nitrogen and oxygen atoms in total. The number of piperazine rings is 1. The molecule has 1 atom stereocenters. The summed E-state index contributed by atoms with van der Waals surface area (Å²) in [4.78, 5) is 4.85. The molecule has 7 heteroatoms. The van der Waals surface area contributed by atoms with Crippen LogP contribution in [0.25, 0.3) is 0 Å². The van der Waals surface area contributed by atoms with Gasteiger partial charge in [-0.05, 0) is 54.1 Å². The van der Waals surface area contributed by atoms with Gasteiger partial charge in [0.25, 0.3) is 0 Å². The summed E-state index contributed by atoms with van der Waals surface area (Å²) in [6, 6.07) is 18.9. The van der Waals surface area contributed by atoms with Crippen molar-refractivity contribution in [2.45, 2.75) is 25.9 Å². The van der Waals surface area contributed by atoms with Crippen molar-refractivity contribution in [3.05, 3.63) is 71.5 Å². The van der Waals surface area contributed by atoms with Crippen LogP contribution in [0.2, 0.25) is 0 Å². The molecule has 1 aliphatic heterocycles. The molecule has 0 N–H and O–H groups in total. The molecule has 0 unspecified atom stereocenters. The quantitative estimate of drug-likeness (QED) is 0.573. The number of rotatable bonds is 8. The van der Waals surface area contributed by atoms with Crippen molar-refractivity contribution in [3.63, 3.8) is 0 Å². The number of hydrogen-bond acceptors (Lipinski definition) is 6. The van der Waals surface area contributed by atoms with Gasteiger partial charge in [-0.2, -0.15) is 0 Å². The summed E-state index contributed by atoms with van der Waals surface area (Å²) in [7, 11) is 2.17. The summed E-state index contributed by atoms with van der Waals surface area (Å²) in [5, 5.41) is 12.8. The second-order valence-electron chi connectivity index (χ2n) is 7.74. The third-order valence-corrected chi connectivity index (χ3v) is 5.67. The standard InChI is InChI=1S/C23H30N6O/c1-3-30-21-11-9-20(10-12-21)22(28-17-15-27(2)16-18-28)23-24-25-26-29(23)14-13-19-7-5-4-6-8-19/h4-12,22H,3,13-18H2,1-2H3/t22-/m0/s1. The van der Waals surface area contributed by atoms with Gasteiger partial charge in [0.05, 0.1) is 12.6 Å². The largest absolute Gasteiger partial charge is 0.494 e. The molecule has 2 aromatic carbocycles. The zero-order valence-corrected chi connectivity index (χ0v) is 17.8. The average molecular weight is 407 g/mol. The Morgan fingerprint density at radius 1 is 0.967 bits per heavy atom. The molecule has 0 radical (unpaired) electrons. The number of aromatic nitrogens is 4. The second-order valence-corrected chi connectivity index (χ2v) is 7.74. The molecular weight excluding hydrogens is 376 g/mol. The highest BCUT2D eigenvalue weighted by atomic mass is 16.5. The molecule has 1 saturated heterocycles. The fourth-order valence-corrected chi connectivity index (χ4v) is 3.96. The Labute approximate surface area is 178 Å². The third-order valence-electron chi connectivity index (χ3n) is 5.67. The third kappa shape index (κ3) is 4.86. The topological polar surface area (TPSA) is 59.3 Å². The van der Waals surface area contributed by atoms with Crippen LogP contribution in [0.3, 0.4) is 0 Å². The summed E-state index contributed by atoms with van der Waals surface area (Å²) < 4.78 is 7.60. The highest BCUT2D eigenvalue weighted by Gasteiger charge is 2.29. The fourth-order valence-electron chi connectivity index (χ4n) is 3.96. The minimum atomic E-state index is 0.0279. The maximum absolute atomic E-state index is 5.64. The predicted molar refractivity (Wildman–Crippen MR) is 116 cm³/mol. The van der Waals surface area contributed by atoms with Gasteiger partial charge in [0, 0.05) is 32.7 Å². The Morgan fingerprint density at radius 3 is 2.40 bits per heavy atom. The van der Waals surface area contributed by atoms with Crippen LogP contribution in [0.4, 0.5) is 0 Å². The van der Waals surface area contributed by atoms with E-state index in [0.29, 0.717) is 6.61 Å². The molecule has 1 aromatic heterocycles. The molecular formula is C23H30N6O. The van der Waals surface area contributed by atoms with Gasteiger partial charge in [-0.3, -0.25) is 4.90 Å². The van der Waals surface area contributed by atoms with Crippen molar-refractivity contribution in [3.8, 4) is 5.75 Å². The van der Waals surface area contributed by atoms with Crippen molar-refractivity contribution < 1.29 is 4.74 Å². The number of nitrogens with zero attached hydrogens (tertiary/aromatic N) is 6. The zero-order chi connectivity index (χ0) is 20.8. The first kappa shape index (κ1) is 20.5. The van der Waals surface area contributed by atoms with Gasteiger partial charge in [-0.15, -0.1) is 5.10 Å². The van der Waals surface area contributed by atoms with E-state index in [0.717, 1.165) is 50.7 Å². The maximum Gasteiger partial charge on any atom is 0.173 e. The van der Waals surface area contributed by atoms with E-state index in [-0.39, 0.29) is 6.04 Å². The van der Waals surface area contributed by atoms with Gasteiger partial charge < -0.3 is 9.64 Å². The van der Waals surface area contributed by atoms with E-state index in [1.54, 1.807) is 0 Å². The summed E-state index contributed by atoms with van der Waals surface area (Å²) in [5.74, 6) is 1.79. The van der Waals surface area contributed by atoms with E-state index in [9.17, 15) is 0 Å². The molecule has 0 spiro atoms. The normalized spacial score (nSPS) is 16.5. The van der Waals surface area contributed by atoms with E-state index < -0.39 is 0 Å². The molecule has 30 heavy (non-hydrogen) atoms. The molecule has 1 fully saturated rings. The molecule has 1 aliphatic rings. The average Bonchev–Trinajstić information content (AvgIpc) is 3.24. The van der Waals surface area contributed by atoms with Crippen LogP contribution in [-0.4, -0.2) is 69.8 Å². The molecule has 0 amide bonds. The summed E-state index contributed by atoms with van der Waals surface area (Å²) in [5.41, 5.74) is 2.48. The first-order valence-corrected chi connectivity index (χ1v) is 10.7. The number of ether oxygens (including phenoxy) is 1. The zero-order valence-electron chi connectivity index (χ0n) is 17.8. The lowest BCUT2D eigenvalue weighted by Gasteiger charge is -2.37. The Hall–Kier alpha value is -2.77. The van der Waals surface area contributed by atoms with Gasteiger partial charge in [0.15, 0.2) is 5.82 Å². The van der Waals surface area contributed by atoms with E-state index in [2.05, 4.69) is 68.8 Å². The lowest BCUT2D eigenvalue weighted by molar-refractivity contribution is 0.121. The highest BCUT2D eigenvalue weighted by Crippen LogP contribution is 2.29. The smallest absolute Gasteiger partial charge is 0.173 e. The van der Waals surface area contributed by atoms with Crippen LogP contribution >= 0.6 is 0 Å². The second kappa shape index (κ2) is 9.82. The van der Waals surface area contributed by atoms with Crippen LogP contribution < -0.4 is 4.74 Å². The number of tetrazole rings is 1. The Balaban J connectivity index is 1.60. The lowest BCUT2D eigenvalue weighted by atomic mass is 10.0. The van der Waals surface area contributed by atoms with E-state index >= 15 is 0 Å². The fraction of sp³-hybridized carbons (Fsp3) is 0.435. The molecule has 0 saturated carbocycles. The first-order valence-electron chi connectivity index (χ1n) is 10.7. The highest BCUT2D eigenvalue weighted by molar-refractivity contribution is 5.32. The van der Waals surface area contributed by atoms with E-state index in [1.807, 2.05) is 29.8 Å². The van der Waals surface area contributed by atoms with Gasteiger partial charge in [-0.1, -0.05) is 42.5 Å². The van der Waals surface area contributed by atoms with Crippen LogP contribution in [0, 0.1) is 0 Å².